The second-order valence-corrected chi connectivity index (χ2v) is 5.18. The second-order valence-electron chi connectivity index (χ2n) is 5.18. The van der Waals surface area contributed by atoms with E-state index in [4.69, 9.17) is 4.74 Å². The van der Waals surface area contributed by atoms with Crippen LogP contribution in [0.3, 0.4) is 0 Å². The van der Waals surface area contributed by atoms with Gasteiger partial charge in [-0.05, 0) is 6.42 Å². The summed E-state index contributed by atoms with van der Waals surface area (Å²) in [4.78, 5) is 15.6. The van der Waals surface area contributed by atoms with Gasteiger partial charge in [0, 0.05) is 46.9 Å². The summed E-state index contributed by atoms with van der Waals surface area (Å²) < 4.78 is 7.09. The highest BCUT2D eigenvalue weighted by molar-refractivity contribution is 5.77. The van der Waals surface area contributed by atoms with Crippen molar-refractivity contribution in [3.63, 3.8) is 0 Å². The van der Waals surface area contributed by atoms with Crippen LogP contribution in [0.25, 0.3) is 0 Å². The van der Waals surface area contributed by atoms with E-state index >= 15 is 0 Å². The largest absolute Gasteiger partial charge is 0.378 e. The van der Waals surface area contributed by atoms with Gasteiger partial charge in [-0.2, -0.15) is 5.10 Å². The molecule has 0 aliphatic carbocycles. The lowest BCUT2D eigenvalue weighted by Crippen LogP contribution is -2.39. The summed E-state index contributed by atoms with van der Waals surface area (Å²) in [7, 11) is 7.22. The normalized spacial score (nSPS) is 15.4. The number of ether oxygens (including phenoxy) is 1. The Labute approximate surface area is 113 Å². The first kappa shape index (κ1) is 14.0. The fourth-order valence-electron chi connectivity index (χ4n) is 2.43. The van der Waals surface area contributed by atoms with Crippen LogP contribution in [0.5, 0.6) is 0 Å². The number of carbonyl (C=O) groups is 1. The van der Waals surface area contributed by atoms with Gasteiger partial charge in [0.1, 0.15) is 0 Å². The Balaban J connectivity index is 2.09. The van der Waals surface area contributed by atoms with E-state index in [2.05, 4.69) is 10.00 Å². The number of amides is 1. The Kier molecular flexibility index (Phi) is 4.21. The molecule has 1 aromatic heterocycles. The molecule has 0 saturated carbocycles. The van der Waals surface area contributed by atoms with E-state index in [1.165, 1.54) is 11.3 Å². The van der Waals surface area contributed by atoms with Crippen LogP contribution >= 0.6 is 0 Å². The molecule has 1 aliphatic heterocycles. The quantitative estimate of drug-likeness (QED) is 0.770. The van der Waals surface area contributed by atoms with E-state index in [1.807, 2.05) is 11.7 Å². The summed E-state index contributed by atoms with van der Waals surface area (Å²) in [6, 6.07) is 0. The van der Waals surface area contributed by atoms with Crippen LogP contribution < -0.4 is 0 Å². The Bertz CT molecular complexity index is 467. The summed E-state index contributed by atoms with van der Waals surface area (Å²) in [5.41, 5.74) is 3.52. The number of methoxy groups -OCH3 is 1. The van der Waals surface area contributed by atoms with Crippen molar-refractivity contribution in [1.29, 1.82) is 0 Å². The fraction of sp³-hybridized carbons (Fsp3) is 0.692. The highest BCUT2D eigenvalue weighted by Crippen LogP contribution is 2.22. The molecule has 2 heterocycles. The second kappa shape index (κ2) is 5.71. The van der Waals surface area contributed by atoms with E-state index in [0.29, 0.717) is 13.2 Å². The van der Waals surface area contributed by atoms with Gasteiger partial charge in [0.15, 0.2) is 0 Å². The van der Waals surface area contributed by atoms with Gasteiger partial charge in [-0.1, -0.05) is 0 Å². The summed E-state index contributed by atoms with van der Waals surface area (Å²) in [5, 5.41) is 4.50. The number of aromatic nitrogens is 2. The minimum Gasteiger partial charge on any atom is -0.378 e. The van der Waals surface area contributed by atoms with E-state index in [9.17, 15) is 4.79 Å². The molecule has 1 aromatic rings. The molecule has 0 N–H and O–H groups in total. The zero-order valence-corrected chi connectivity index (χ0v) is 12.1. The molecule has 6 heteroatoms. The summed E-state index contributed by atoms with van der Waals surface area (Å²) >= 11 is 0. The van der Waals surface area contributed by atoms with Gasteiger partial charge in [-0.25, -0.2) is 0 Å². The van der Waals surface area contributed by atoms with Gasteiger partial charge in [0.2, 0.25) is 5.91 Å². The van der Waals surface area contributed by atoms with E-state index in [-0.39, 0.29) is 5.91 Å². The van der Waals surface area contributed by atoms with Gasteiger partial charge in [0.05, 0.1) is 24.5 Å². The van der Waals surface area contributed by atoms with Gasteiger partial charge in [-0.3, -0.25) is 14.4 Å². The molecule has 0 radical (unpaired) electrons. The van der Waals surface area contributed by atoms with Crippen LogP contribution in [0.1, 0.15) is 17.0 Å². The van der Waals surface area contributed by atoms with Gasteiger partial charge >= 0.3 is 0 Å². The van der Waals surface area contributed by atoms with Crippen LogP contribution in [-0.2, 0) is 36.2 Å². The lowest BCUT2D eigenvalue weighted by molar-refractivity contribution is -0.130. The lowest BCUT2D eigenvalue weighted by Gasteiger charge is -2.27. The first-order valence-electron chi connectivity index (χ1n) is 6.48. The van der Waals surface area contributed by atoms with Gasteiger partial charge in [-0.15, -0.1) is 0 Å². The summed E-state index contributed by atoms with van der Waals surface area (Å²) in [6.07, 6.45) is 0.933. The monoisotopic (exact) mass is 266 g/mol. The predicted molar refractivity (Wildman–Crippen MR) is 71.6 cm³/mol. The highest BCUT2D eigenvalue weighted by Gasteiger charge is 2.24. The van der Waals surface area contributed by atoms with Crippen molar-refractivity contribution in [2.24, 2.45) is 7.05 Å². The zero-order chi connectivity index (χ0) is 14.0. The molecule has 1 amide bonds. The number of aryl methyl sites for hydroxylation is 1. The standard InChI is InChI=1S/C13H22N4O2/c1-15(2)13(18)8-17-6-5-10-11(9-19-4)14-16(3)12(10)7-17/h5-9H2,1-4H3. The topological polar surface area (TPSA) is 50.6 Å². The van der Waals surface area contributed by atoms with Gasteiger partial charge < -0.3 is 9.64 Å². The fourth-order valence-corrected chi connectivity index (χ4v) is 2.43. The average molecular weight is 266 g/mol. The van der Waals surface area contributed by atoms with Crippen LogP contribution in [0.2, 0.25) is 0 Å². The molecular weight excluding hydrogens is 244 g/mol. The van der Waals surface area contributed by atoms with E-state index < -0.39 is 0 Å². The minimum absolute atomic E-state index is 0.141. The molecule has 0 unspecified atom stereocenters. The number of rotatable bonds is 4. The maximum absolute atomic E-state index is 11.8. The Morgan fingerprint density at radius 1 is 1.47 bits per heavy atom. The van der Waals surface area contributed by atoms with Crippen molar-refractivity contribution in [1.82, 2.24) is 19.6 Å². The van der Waals surface area contributed by atoms with Crippen molar-refractivity contribution in [3.05, 3.63) is 17.0 Å². The van der Waals surface area contributed by atoms with Crippen molar-refractivity contribution in [2.75, 3.05) is 34.3 Å². The smallest absolute Gasteiger partial charge is 0.236 e. The number of likely N-dealkylation sites (N-methyl/N-ethyl adjacent to an activating group) is 1. The lowest BCUT2D eigenvalue weighted by atomic mass is 10.0. The Hall–Kier alpha value is -1.40. The number of hydrogen-bond donors (Lipinski definition) is 0. The molecule has 0 atom stereocenters. The molecule has 106 valence electrons. The number of fused-ring (bicyclic) bond motifs is 1. The highest BCUT2D eigenvalue weighted by atomic mass is 16.5. The molecule has 2 rings (SSSR count). The van der Waals surface area contributed by atoms with Crippen molar-refractivity contribution in [3.8, 4) is 0 Å². The minimum atomic E-state index is 0.141. The first-order valence-corrected chi connectivity index (χ1v) is 6.48. The molecule has 6 nitrogen and oxygen atoms in total. The number of nitrogens with zero attached hydrogens (tertiary/aromatic N) is 4. The maximum atomic E-state index is 11.8. The molecule has 0 spiro atoms. The molecule has 19 heavy (non-hydrogen) atoms. The third kappa shape index (κ3) is 2.96. The third-order valence-corrected chi connectivity index (χ3v) is 3.55. The molecule has 0 saturated heterocycles. The zero-order valence-electron chi connectivity index (χ0n) is 12.1. The predicted octanol–water partition coefficient (Wildman–Crippen LogP) is 0.0128. The Morgan fingerprint density at radius 2 is 2.21 bits per heavy atom. The average Bonchev–Trinajstić information content (AvgIpc) is 2.66. The molecule has 0 aromatic carbocycles. The van der Waals surface area contributed by atoms with Crippen molar-refractivity contribution < 1.29 is 9.53 Å². The molecule has 1 aliphatic rings. The number of carbonyl (C=O) groups excluding carboxylic acids is 1. The van der Waals surface area contributed by atoms with Crippen LogP contribution in [0.15, 0.2) is 0 Å². The molecular formula is C13H22N4O2. The van der Waals surface area contributed by atoms with E-state index in [0.717, 1.165) is 25.2 Å². The van der Waals surface area contributed by atoms with E-state index in [1.54, 1.807) is 26.1 Å². The molecule has 0 fully saturated rings. The van der Waals surface area contributed by atoms with Gasteiger partial charge in [0.25, 0.3) is 0 Å². The summed E-state index contributed by atoms with van der Waals surface area (Å²) in [6.45, 7) is 2.70. The van der Waals surface area contributed by atoms with Crippen molar-refractivity contribution in [2.45, 2.75) is 19.6 Å². The van der Waals surface area contributed by atoms with Crippen LogP contribution in [0, 0.1) is 0 Å². The van der Waals surface area contributed by atoms with Crippen LogP contribution in [0.4, 0.5) is 0 Å². The number of hydrogen-bond acceptors (Lipinski definition) is 4. The van der Waals surface area contributed by atoms with Crippen molar-refractivity contribution >= 4 is 5.91 Å². The molecule has 0 bridgehead atoms. The Morgan fingerprint density at radius 3 is 2.84 bits per heavy atom. The maximum Gasteiger partial charge on any atom is 0.236 e. The SMILES string of the molecule is COCc1nn(C)c2c1CCN(CC(=O)N(C)C)C2. The summed E-state index contributed by atoms with van der Waals surface area (Å²) in [5.74, 6) is 0.141. The third-order valence-electron chi connectivity index (χ3n) is 3.55. The van der Waals surface area contributed by atoms with Crippen LogP contribution in [-0.4, -0.2) is 59.8 Å². The first-order chi connectivity index (χ1) is 9.02.